The normalized spacial score (nSPS) is 18.0. The van der Waals surface area contributed by atoms with E-state index < -0.39 is 50.0 Å². The highest BCUT2D eigenvalue weighted by atomic mass is 28.3. The molecule has 23 heteroatoms. The molecular formula is C53H71N13O9Si. The number of ketones is 2. The third-order valence-corrected chi connectivity index (χ3v) is 13.8. The topological polar surface area (TPSA) is 319 Å². The van der Waals surface area contributed by atoms with Crippen LogP contribution in [0.15, 0.2) is 83.5 Å². The predicted molar refractivity (Wildman–Crippen MR) is 299 cm³/mol. The Bertz CT molecular complexity index is 2700. The minimum atomic E-state index is -1.36. The average molecular weight is 1060 g/mol. The van der Waals surface area contributed by atoms with Crippen molar-refractivity contribution >= 4 is 108 Å². The van der Waals surface area contributed by atoms with Gasteiger partial charge in [-0.3, -0.25) is 54.8 Å². The zero-order valence-corrected chi connectivity index (χ0v) is 45.6. The van der Waals surface area contributed by atoms with Crippen molar-refractivity contribution in [3.8, 4) is 0 Å². The molecule has 4 atom stereocenters. The summed E-state index contributed by atoms with van der Waals surface area (Å²) in [6.45, 7) is 18.3. The molecule has 0 saturated heterocycles. The second-order valence-corrected chi connectivity index (χ2v) is 26.4. The maximum atomic E-state index is 13.0. The number of anilines is 2. The lowest BCUT2D eigenvalue weighted by Crippen LogP contribution is -2.48. The van der Waals surface area contributed by atoms with Crippen molar-refractivity contribution in [1.29, 1.82) is 5.41 Å². The van der Waals surface area contributed by atoms with E-state index >= 15 is 0 Å². The third-order valence-electron chi connectivity index (χ3n) is 12.1. The lowest BCUT2D eigenvalue weighted by atomic mass is 9.90. The number of aliphatic carboxylic acids is 1. The van der Waals surface area contributed by atoms with Crippen LogP contribution in [0.3, 0.4) is 0 Å². The molecule has 0 radical (unpaired) electrons. The van der Waals surface area contributed by atoms with Gasteiger partial charge < -0.3 is 25.8 Å². The minimum absolute atomic E-state index is 0.0209. The standard InChI is InChI=1S/C31H45N7O5Si.C22H26N6O4/c1-7-14-32-28(40)22(9-8-20(2)3)17-25(39)21-10-12-23(13-11-21)33-18-24-19-34-27-26(35-24)29(41)37-30(36-27)38-31(42)43-15-16-44(4,5)6;1-12(2)3-4-14(21(31)32)9-17(29)13-5-7-15(8-6-13)24-10-16-11-25-19-18(26-16)20(30)28-22(23)27-19/h10-13,19-20,22,26,33H,7-9,14-18H2,1-6H3,(H,32,40)(H,37,38,41,42);5-8,11-12,14,18,24H,3-4,9-10H2,1-2H3,(H,31,32)(H2,23,28,30)/t22-,26?;14-,18?/m11/s1. The van der Waals surface area contributed by atoms with Crippen LogP contribution in [0.5, 0.6) is 0 Å². The van der Waals surface area contributed by atoms with Gasteiger partial charge in [-0.15, -0.1) is 4.99 Å². The lowest BCUT2D eigenvalue weighted by molar-refractivity contribution is -0.142. The lowest BCUT2D eigenvalue weighted by Gasteiger charge is -2.21. The van der Waals surface area contributed by atoms with Gasteiger partial charge in [0.25, 0.3) is 11.8 Å². The Hall–Kier alpha value is -7.69. The van der Waals surface area contributed by atoms with E-state index in [1.807, 2.05) is 20.8 Å². The number of amidine groups is 2. The predicted octanol–water partition coefficient (Wildman–Crippen LogP) is 6.67. The number of benzene rings is 2. The number of ether oxygens (including phenoxy) is 1. The molecule has 4 aliphatic rings. The molecule has 6 rings (SSSR count). The zero-order chi connectivity index (χ0) is 55.5. The number of guanidine groups is 2. The molecule has 4 amide bonds. The van der Waals surface area contributed by atoms with E-state index in [0.29, 0.717) is 60.3 Å². The molecule has 0 bridgehead atoms. The summed E-state index contributed by atoms with van der Waals surface area (Å²) in [6, 6.07) is 12.9. The van der Waals surface area contributed by atoms with Crippen molar-refractivity contribution in [3.63, 3.8) is 0 Å². The number of carbonyl (C=O) groups excluding carboxylic acids is 6. The van der Waals surface area contributed by atoms with Crippen LogP contribution in [-0.2, 0) is 23.9 Å². The van der Waals surface area contributed by atoms with Gasteiger partial charge in [-0.25, -0.2) is 14.8 Å². The molecule has 0 fully saturated rings. The number of carbonyl (C=O) groups is 7. The van der Waals surface area contributed by atoms with Gasteiger partial charge in [-0.05, 0) is 85.7 Å². The summed E-state index contributed by atoms with van der Waals surface area (Å²) < 4.78 is 5.14. The van der Waals surface area contributed by atoms with Gasteiger partial charge >= 0.3 is 12.1 Å². The highest BCUT2D eigenvalue weighted by Gasteiger charge is 2.33. The van der Waals surface area contributed by atoms with Crippen LogP contribution in [0.25, 0.3) is 0 Å². The summed E-state index contributed by atoms with van der Waals surface area (Å²) in [5, 5.41) is 30.9. The summed E-state index contributed by atoms with van der Waals surface area (Å²) in [5.74, 6) is -2.48. The maximum absolute atomic E-state index is 13.0. The van der Waals surface area contributed by atoms with Gasteiger partial charge in [0.05, 0.1) is 49.5 Å². The van der Waals surface area contributed by atoms with Crippen molar-refractivity contribution in [2.45, 2.75) is 117 Å². The van der Waals surface area contributed by atoms with Gasteiger partial charge in [-0.1, -0.05) is 67.1 Å². The van der Waals surface area contributed by atoms with Crippen LogP contribution in [-0.4, -0.2) is 140 Å². The van der Waals surface area contributed by atoms with E-state index in [9.17, 15) is 38.7 Å². The van der Waals surface area contributed by atoms with E-state index in [0.717, 1.165) is 36.7 Å². The van der Waals surface area contributed by atoms with Crippen molar-refractivity contribution in [3.05, 3.63) is 59.7 Å². The Balaban J connectivity index is 0.000000295. The first kappa shape index (κ1) is 59.2. The first-order valence-corrected chi connectivity index (χ1v) is 29.4. The molecule has 4 heterocycles. The van der Waals surface area contributed by atoms with Crippen molar-refractivity contribution < 1.29 is 43.4 Å². The van der Waals surface area contributed by atoms with Crippen LogP contribution in [0.4, 0.5) is 16.2 Å². The number of fused-ring (bicyclic) bond motifs is 2. The molecule has 0 aliphatic carbocycles. The van der Waals surface area contributed by atoms with Gasteiger partial charge in [0.1, 0.15) is 0 Å². The monoisotopic (exact) mass is 1060 g/mol. The summed E-state index contributed by atoms with van der Waals surface area (Å²) in [4.78, 5) is 115. The molecule has 2 unspecified atom stereocenters. The number of carboxylic acid groups (broad SMARTS) is 1. The fourth-order valence-corrected chi connectivity index (χ4v) is 8.34. The largest absolute Gasteiger partial charge is 0.481 e. The second-order valence-electron chi connectivity index (χ2n) is 20.8. The highest BCUT2D eigenvalue weighted by Crippen LogP contribution is 2.22. The third kappa shape index (κ3) is 19.2. The van der Waals surface area contributed by atoms with Crippen molar-refractivity contribution in [1.82, 2.24) is 16.0 Å². The number of hydrogen-bond donors (Lipinski definition) is 7. The molecule has 76 heavy (non-hydrogen) atoms. The Labute approximate surface area is 444 Å². The summed E-state index contributed by atoms with van der Waals surface area (Å²) in [7, 11) is -1.36. The van der Waals surface area contributed by atoms with E-state index in [4.69, 9.17) is 10.1 Å². The van der Waals surface area contributed by atoms with Crippen molar-refractivity contribution in [2.24, 2.45) is 58.6 Å². The minimum Gasteiger partial charge on any atom is -0.481 e. The Morgan fingerprint density at radius 3 is 1.70 bits per heavy atom. The van der Waals surface area contributed by atoms with Crippen LogP contribution in [0, 0.1) is 29.1 Å². The Morgan fingerprint density at radius 1 is 0.724 bits per heavy atom. The van der Waals surface area contributed by atoms with Crippen LogP contribution >= 0.6 is 0 Å². The van der Waals surface area contributed by atoms with Crippen LogP contribution in [0.1, 0.15) is 100 Å². The first-order chi connectivity index (χ1) is 36.1. The zero-order valence-electron chi connectivity index (χ0n) is 44.6. The average Bonchev–Trinajstić information content (AvgIpc) is 3.36. The van der Waals surface area contributed by atoms with E-state index in [2.05, 4.69) is 95.0 Å². The number of carboxylic acids is 1. The van der Waals surface area contributed by atoms with E-state index in [-0.39, 0.29) is 73.0 Å². The highest BCUT2D eigenvalue weighted by molar-refractivity contribution is 6.76. The summed E-state index contributed by atoms with van der Waals surface area (Å²) in [5.41, 5.74) is 3.58. The quantitative estimate of drug-likeness (QED) is 0.0407. The van der Waals surface area contributed by atoms with E-state index in [1.54, 1.807) is 48.5 Å². The number of rotatable bonds is 25. The van der Waals surface area contributed by atoms with Crippen LogP contribution in [0.2, 0.25) is 25.7 Å². The molecule has 4 aliphatic heterocycles. The number of nitrogens with one attached hydrogen (secondary N) is 6. The van der Waals surface area contributed by atoms with Crippen molar-refractivity contribution in [2.75, 3.05) is 36.9 Å². The Morgan fingerprint density at radius 2 is 1.21 bits per heavy atom. The molecule has 2 aromatic carbocycles. The maximum Gasteiger partial charge on any atom is 0.436 e. The summed E-state index contributed by atoms with van der Waals surface area (Å²) >= 11 is 0. The second kappa shape index (κ2) is 28.3. The smallest absolute Gasteiger partial charge is 0.436 e. The molecule has 0 aromatic heterocycles. The molecule has 0 spiro atoms. The van der Waals surface area contributed by atoms with Gasteiger partial charge in [0.15, 0.2) is 35.3 Å². The van der Waals surface area contributed by atoms with Gasteiger partial charge in [0.2, 0.25) is 17.8 Å². The number of Topliss-reactive ketones (excluding diaryl/α,β-unsaturated/α-hetero) is 2. The fraction of sp³-hybridized carbons (Fsp3) is 0.491. The first-order valence-electron chi connectivity index (χ1n) is 25.7. The molecular weight excluding hydrogens is 991 g/mol. The SMILES string of the molecule is CC(C)CC[C@H](CC(=O)c1ccc(NCC2=NC3C(=O)NC(=N)N=C3N=C2)cc1)C(=O)O.CCCNC(=O)[C@H](CCC(C)C)CC(=O)c1ccc(NCC2=NC3C(=O)NC(=NC(=O)OCC[Si](C)(C)C)N=C3N=C2)cc1. The summed E-state index contributed by atoms with van der Waals surface area (Å²) in [6.07, 6.45) is 5.98. The molecule has 22 nitrogen and oxygen atoms in total. The number of nitrogens with zero attached hydrogens (tertiary/aromatic N) is 7. The van der Waals surface area contributed by atoms with Gasteiger partial charge in [0, 0.05) is 55.9 Å². The fourth-order valence-electron chi connectivity index (χ4n) is 7.63. The number of aliphatic imine (C=N–C) groups is 7. The molecule has 0 saturated carbocycles. The number of hydrogen-bond acceptors (Lipinski definition) is 15. The molecule has 7 N–H and O–H groups in total. The van der Waals surface area contributed by atoms with Gasteiger partial charge in [-0.2, -0.15) is 9.98 Å². The Kier molecular flexibility index (Phi) is 22.0. The molecule has 406 valence electrons. The molecule has 2 aromatic rings. The van der Waals surface area contributed by atoms with E-state index in [1.165, 1.54) is 12.4 Å². The van der Waals surface area contributed by atoms with Crippen LogP contribution < -0.4 is 26.6 Å². The number of amides is 4.